The number of thioether (sulfide) groups is 1. The predicted molar refractivity (Wildman–Crippen MR) is 115 cm³/mol. The summed E-state index contributed by atoms with van der Waals surface area (Å²) in [5.41, 5.74) is 1.84. The molecule has 3 heterocycles. The van der Waals surface area contributed by atoms with Crippen LogP contribution in [0, 0.1) is 0 Å². The second-order valence-electron chi connectivity index (χ2n) is 6.00. The van der Waals surface area contributed by atoms with Crippen LogP contribution in [-0.2, 0) is 4.79 Å². The summed E-state index contributed by atoms with van der Waals surface area (Å²) in [5.74, 6) is 0.998. The number of nitrogens with one attached hydrogen (secondary N) is 1. The first-order chi connectivity index (χ1) is 13.8. The lowest BCUT2D eigenvalue weighted by Gasteiger charge is -2.30. The lowest BCUT2D eigenvalue weighted by atomic mass is 10.2. The predicted octanol–water partition coefficient (Wildman–Crippen LogP) is 5.45. The number of thiophene rings is 1. The molecule has 0 atom stereocenters. The third-order valence-corrected chi connectivity index (χ3v) is 7.06. The van der Waals surface area contributed by atoms with Gasteiger partial charge in [-0.15, -0.1) is 16.4 Å². The maximum atomic E-state index is 13.2. The Hall–Kier alpha value is -2.55. The van der Waals surface area contributed by atoms with Gasteiger partial charge >= 0.3 is 0 Å². The lowest BCUT2D eigenvalue weighted by molar-refractivity contribution is -0.115. The number of nitrogens with zero attached hydrogens (tertiary/aromatic N) is 3. The zero-order valence-corrected chi connectivity index (χ0v) is 17.0. The van der Waals surface area contributed by atoms with E-state index in [4.69, 9.17) is 0 Å². The number of benzene rings is 2. The van der Waals surface area contributed by atoms with Crippen LogP contribution < -0.4 is 4.90 Å². The van der Waals surface area contributed by atoms with Gasteiger partial charge in [0.25, 0.3) is 0 Å². The Morgan fingerprint density at radius 3 is 2.39 bits per heavy atom. The molecule has 2 aromatic carbocycles. The lowest BCUT2D eigenvalue weighted by Crippen LogP contribution is -2.30. The Balaban J connectivity index is 1.38. The van der Waals surface area contributed by atoms with E-state index in [0.717, 1.165) is 31.9 Å². The maximum absolute atomic E-state index is 13.2. The van der Waals surface area contributed by atoms with Crippen LogP contribution in [0.4, 0.5) is 11.4 Å². The van der Waals surface area contributed by atoms with Crippen LogP contribution in [0.25, 0.3) is 10.7 Å². The Morgan fingerprint density at radius 2 is 1.71 bits per heavy atom. The molecule has 2 aromatic heterocycles. The highest BCUT2D eigenvalue weighted by Crippen LogP contribution is 2.48. The van der Waals surface area contributed by atoms with E-state index in [1.165, 1.54) is 11.8 Å². The fourth-order valence-electron chi connectivity index (χ4n) is 3.00. The van der Waals surface area contributed by atoms with E-state index in [1.807, 2.05) is 66.0 Å². The summed E-state index contributed by atoms with van der Waals surface area (Å²) in [5, 5.41) is 9.75. The van der Waals surface area contributed by atoms with Crippen LogP contribution in [0.3, 0.4) is 0 Å². The molecule has 1 amide bonds. The highest BCUT2D eigenvalue weighted by molar-refractivity contribution is 8.00. The van der Waals surface area contributed by atoms with Crippen molar-refractivity contribution in [1.29, 1.82) is 0 Å². The molecular weight excluding hydrogens is 408 g/mol. The smallest absolute Gasteiger partial charge is 0.242 e. The number of anilines is 2. The van der Waals surface area contributed by atoms with E-state index in [9.17, 15) is 4.79 Å². The Morgan fingerprint density at radius 1 is 1.00 bits per heavy atom. The van der Waals surface area contributed by atoms with Crippen molar-refractivity contribution in [2.45, 2.75) is 14.9 Å². The zero-order chi connectivity index (χ0) is 18.9. The highest BCUT2D eigenvalue weighted by Gasteiger charge is 2.28. The minimum absolute atomic E-state index is 0.00711. The third kappa shape index (κ3) is 3.23. The van der Waals surface area contributed by atoms with Gasteiger partial charge in [0.2, 0.25) is 11.1 Å². The van der Waals surface area contributed by atoms with Crippen molar-refractivity contribution in [3.63, 3.8) is 0 Å². The average molecular weight is 423 g/mol. The molecule has 8 heteroatoms. The number of rotatable bonds is 4. The molecule has 0 spiro atoms. The Bertz CT molecular complexity index is 1090. The molecule has 0 unspecified atom stereocenters. The van der Waals surface area contributed by atoms with Crippen LogP contribution in [0.1, 0.15) is 0 Å². The number of para-hydroxylation sites is 2. The van der Waals surface area contributed by atoms with Crippen molar-refractivity contribution in [2.24, 2.45) is 0 Å². The standard InChI is InChI=1S/C20H14N4OS3/c25-18(12-27-20-21-19(22-23-20)17-10-5-11-26-17)24-13-6-1-3-8-15(13)28-16-9-4-2-7-14(16)24/h1-11H,12H2,(H,21,22,23). The van der Waals surface area contributed by atoms with Gasteiger partial charge in [-0.2, -0.15) is 0 Å². The summed E-state index contributed by atoms with van der Waals surface area (Å²) in [6.07, 6.45) is 0. The van der Waals surface area contributed by atoms with Crippen molar-refractivity contribution in [3.05, 3.63) is 66.0 Å². The van der Waals surface area contributed by atoms with E-state index >= 15 is 0 Å². The summed E-state index contributed by atoms with van der Waals surface area (Å²) in [7, 11) is 0. The van der Waals surface area contributed by atoms with Crippen molar-refractivity contribution < 1.29 is 4.79 Å². The summed E-state index contributed by atoms with van der Waals surface area (Å²) in [6.45, 7) is 0. The summed E-state index contributed by atoms with van der Waals surface area (Å²) in [4.78, 5) is 22.7. The summed E-state index contributed by atoms with van der Waals surface area (Å²) < 4.78 is 0. The van der Waals surface area contributed by atoms with Gasteiger partial charge in [0.1, 0.15) is 0 Å². The normalized spacial score (nSPS) is 12.5. The van der Waals surface area contributed by atoms with Gasteiger partial charge in [-0.05, 0) is 35.7 Å². The maximum Gasteiger partial charge on any atom is 0.242 e. The van der Waals surface area contributed by atoms with Gasteiger partial charge < -0.3 is 0 Å². The first kappa shape index (κ1) is 17.5. The van der Waals surface area contributed by atoms with E-state index in [-0.39, 0.29) is 11.7 Å². The Kier molecular flexibility index (Phi) is 4.67. The highest BCUT2D eigenvalue weighted by atomic mass is 32.2. The molecule has 0 bridgehead atoms. The van der Waals surface area contributed by atoms with E-state index in [2.05, 4.69) is 15.2 Å². The van der Waals surface area contributed by atoms with Crippen molar-refractivity contribution in [1.82, 2.24) is 15.2 Å². The second-order valence-corrected chi connectivity index (χ2v) is 8.97. The van der Waals surface area contributed by atoms with Crippen molar-refractivity contribution in [2.75, 3.05) is 10.7 Å². The molecular formula is C20H14N4OS3. The largest absolute Gasteiger partial charge is 0.278 e. The molecule has 1 N–H and O–H groups in total. The number of carbonyl (C=O) groups is 1. The van der Waals surface area contributed by atoms with Crippen LogP contribution in [-0.4, -0.2) is 26.8 Å². The molecule has 0 fully saturated rings. The second kappa shape index (κ2) is 7.46. The molecule has 1 aliphatic heterocycles. The molecule has 5 nitrogen and oxygen atoms in total. The number of hydrogen-bond donors (Lipinski definition) is 1. The van der Waals surface area contributed by atoms with Crippen molar-refractivity contribution >= 4 is 52.1 Å². The minimum atomic E-state index is 0.00711. The fraction of sp³-hybridized carbons (Fsp3) is 0.0500. The van der Waals surface area contributed by atoms with E-state index in [1.54, 1.807) is 28.0 Å². The van der Waals surface area contributed by atoms with Gasteiger partial charge in [0.15, 0.2) is 5.82 Å². The van der Waals surface area contributed by atoms with Gasteiger partial charge in [-0.1, -0.05) is 53.9 Å². The monoisotopic (exact) mass is 422 g/mol. The molecule has 1 aliphatic rings. The van der Waals surface area contributed by atoms with Crippen LogP contribution in [0.15, 0.2) is 81.0 Å². The number of H-pyrrole nitrogens is 1. The topological polar surface area (TPSA) is 61.9 Å². The quantitative estimate of drug-likeness (QED) is 0.443. The number of carbonyl (C=O) groups excluding carboxylic acids is 1. The van der Waals surface area contributed by atoms with Gasteiger partial charge in [-0.3, -0.25) is 14.8 Å². The van der Waals surface area contributed by atoms with E-state index < -0.39 is 0 Å². The average Bonchev–Trinajstić information content (AvgIpc) is 3.42. The number of fused-ring (bicyclic) bond motifs is 2. The zero-order valence-electron chi connectivity index (χ0n) is 14.5. The minimum Gasteiger partial charge on any atom is -0.278 e. The molecule has 28 heavy (non-hydrogen) atoms. The van der Waals surface area contributed by atoms with Crippen LogP contribution in [0.2, 0.25) is 0 Å². The molecule has 0 saturated heterocycles. The van der Waals surface area contributed by atoms with Gasteiger partial charge in [0.05, 0.1) is 22.0 Å². The molecule has 5 rings (SSSR count). The SMILES string of the molecule is O=C(CSc1n[nH]c(-c2cccs2)n1)N1c2ccccc2Sc2ccccc21. The third-order valence-electron chi connectivity index (χ3n) is 4.23. The van der Waals surface area contributed by atoms with Gasteiger partial charge in [-0.25, -0.2) is 4.98 Å². The molecule has 0 radical (unpaired) electrons. The first-order valence-electron chi connectivity index (χ1n) is 8.57. The van der Waals surface area contributed by atoms with Crippen LogP contribution in [0.5, 0.6) is 0 Å². The number of hydrogen-bond acceptors (Lipinski definition) is 6. The first-order valence-corrected chi connectivity index (χ1v) is 11.3. The van der Waals surface area contributed by atoms with Crippen LogP contribution >= 0.6 is 34.9 Å². The van der Waals surface area contributed by atoms with Gasteiger partial charge in [0, 0.05) is 9.79 Å². The molecule has 0 aliphatic carbocycles. The van der Waals surface area contributed by atoms with E-state index in [0.29, 0.717) is 5.16 Å². The Labute approximate surface area is 174 Å². The summed E-state index contributed by atoms with van der Waals surface area (Å²) in [6, 6.07) is 20.0. The summed E-state index contributed by atoms with van der Waals surface area (Å²) >= 11 is 4.63. The molecule has 138 valence electrons. The van der Waals surface area contributed by atoms with Crippen molar-refractivity contribution in [3.8, 4) is 10.7 Å². The number of aromatic nitrogens is 3. The molecule has 4 aromatic rings. The number of aromatic amines is 1. The number of amides is 1. The fourth-order valence-corrected chi connectivity index (χ4v) is 5.37. The molecule has 0 saturated carbocycles.